The van der Waals surface area contributed by atoms with Gasteiger partial charge in [-0.3, -0.25) is 4.79 Å². The third-order valence-electron chi connectivity index (χ3n) is 4.29. The number of amides is 2. The molecular formula is C16H27F3N2O3. The van der Waals surface area contributed by atoms with Gasteiger partial charge in [-0.05, 0) is 32.1 Å². The molecule has 0 radical (unpaired) electrons. The van der Waals surface area contributed by atoms with Gasteiger partial charge in [-0.25, -0.2) is 4.79 Å². The predicted octanol–water partition coefficient (Wildman–Crippen LogP) is 3.53. The standard InChI is InChI=1S/C16H27F3N2O3/c1-24-14(22)9-4-2-3-5-10-20-15(23)21-13-8-6-7-12(11-13)16(17,18)19/h12-13H,2-11H2,1H3,(H2,20,21,23)/t12-,13+/m1/s1. The van der Waals surface area contributed by atoms with Crippen molar-refractivity contribution in [3.05, 3.63) is 0 Å². The molecule has 2 atom stereocenters. The van der Waals surface area contributed by atoms with Crippen molar-refractivity contribution < 1.29 is 27.5 Å². The Bertz CT molecular complexity index is 403. The Morgan fingerprint density at radius 1 is 1.12 bits per heavy atom. The number of halogens is 3. The number of nitrogens with one attached hydrogen (secondary N) is 2. The largest absolute Gasteiger partial charge is 0.469 e. The Morgan fingerprint density at radius 3 is 2.50 bits per heavy atom. The first-order chi connectivity index (χ1) is 11.3. The van der Waals surface area contributed by atoms with E-state index in [-0.39, 0.29) is 18.8 Å². The molecule has 0 bridgehead atoms. The van der Waals surface area contributed by atoms with E-state index in [1.807, 2.05) is 0 Å². The van der Waals surface area contributed by atoms with Crippen LogP contribution >= 0.6 is 0 Å². The van der Waals surface area contributed by atoms with E-state index < -0.39 is 24.2 Å². The van der Waals surface area contributed by atoms with Crippen molar-refractivity contribution in [3.8, 4) is 0 Å². The van der Waals surface area contributed by atoms with Crippen molar-refractivity contribution >= 4 is 12.0 Å². The highest BCUT2D eigenvalue weighted by molar-refractivity contribution is 5.74. The maximum absolute atomic E-state index is 12.7. The van der Waals surface area contributed by atoms with Gasteiger partial charge >= 0.3 is 18.2 Å². The Hall–Kier alpha value is -1.47. The van der Waals surface area contributed by atoms with Crippen LogP contribution in [-0.4, -0.2) is 37.9 Å². The predicted molar refractivity (Wildman–Crippen MR) is 83.4 cm³/mol. The number of ether oxygens (including phenoxy) is 1. The van der Waals surface area contributed by atoms with Crippen LogP contribution in [0.5, 0.6) is 0 Å². The Morgan fingerprint density at radius 2 is 1.83 bits per heavy atom. The summed E-state index contributed by atoms with van der Waals surface area (Å²) in [5, 5.41) is 5.31. The SMILES string of the molecule is COC(=O)CCCCCCNC(=O)N[C@H]1CCC[C@@H](C(F)(F)F)C1. The number of rotatable bonds is 8. The minimum atomic E-state index is -4.18. The number of unbranched alkanes of at least 4 members (excludes halogenated alkanes) is 3. The number of methoxy groups -OCH3 is 1. The Balaban J connectivity index is 2.08. The fourth-order valence-electron chi connectivity index (χ4n) is 2.91. The molecular weight excluding hydrogens is 325 g/mol. The molecule has 1 rings (SSSR count). The highest BCUT2D eigenvalue weighted by Crippen LogP contribution is 2.37. The van der Waals surface area contributed by atoms with Crippen molar-refractivity contribution in [2.45, 2.75) is 70.0 Å². The van der Waals surface area contributed by atoms with Gasteiger partial charge in [-0.2, -0.15) is 13.2 Å². The minimum absolute atomic E-state index is 0.0373. The van der Waals surface area contributed by atoms with Crippen LogP contribution in [0.1, 0.15) is 57.8 Å². The van der Waals surface area contributed by atoms with E-state index in [1.165, 1.54) is 7.11 Å². The van der Waals surface area contributed by atoms with E-state index in [0.717, 1.165) is 25.7 Å². The zero-order chi connectivity index (χ0) is 18.0. The lowest BCUT2D eigenvalue weighted by atomic mass is 9.85. The second-order valence-corrected chi connectivity index (χ2v) is 6.24. The lowest BCUT2D eigenvalue weighted by molar-refractivity contribution is -0.183. The fraction of sp³-hybridized carbons (Fsp3) is 0.875. The first-order valence-corrected chi connectivity index (χ1v) is 8.51. The van der Waals surface area contributed by atoms with Crippen molar-refractivity contribution in [3.63, 3.8) is 0 Å². The number of hydrogen-bond donors (Lipinski definition) is 2. The Labute approximate surface area is 140 Å². The average molecular weight is 352 g/mol. The van der Waals surface area contributed by atoms with Gasteiger partial charge in [-0.1, -0.05) is 19.3 Å². The third-order valence-corrected chi connectivity index (χ3v) is 4.29. The van der Waals surface area contributed by atoms with E-state index in [2.05, 4.69) is 15.4 Å². The first kappa shape index (κ1) is 20.6. The maximum atomic E-state index is 12.7. The number of alkyl halides is 3. The van der Waals surface area contributed by atoms with Gasteiger partial charge in [-0.15, -0.1) is 0 Å². The number of urea groups is 1. The summed E-state index contributed by atoms with van der Waals surface area (Å²) in [6.45, 7) is 0.472. The van der Waals surface area contributed by atoms with Gasteiger partial charge < -0.3 is 15.4 Å². The molecule has 0 aliphatic heterocycles. The average Bonchev–Trinajstić information content (AvgIpc) is 2.53. The third kappa shape index (κ3) is 8.40. The van der Waals surface area contributed by atoms with Crippen molar-refractivity contribution in [1.29, 1.82) is 0 Å². The molecule has 0 aromatic carbocycles. The van der Waals surface area contributed by atoms with Crippen LogP contribution in [0.4, 0.5) is 18.0 Å². The molecule has 0 saturated heterocycles. The van der Waals surface area contributed by atoms with Crippen LogP contribution in [0.3, 0.4) is 0 Å². The van der Waals surface area contributed by atoms with Crippen LogP contribution < -0.4 is 10.6 Å². The molecule has 1 aliphatic rings. The molecule has 1 aliphatic carbocycles. The van der Waals surface area contributed by atoms with Crippen LogP contribution in [0.25, 0.3) is 0 Å². The second-order valence-electron chi connectivity index (χ2n) is 6.24. The molecule has 0 spiro atoms. The lowest BCUT2D eigenvalue weighted by Crippen LogP contribution is -2.46. The molecule has 0 heterocycles. The zero-order valence-corrected chi connectivity index (χ0v) is 14.1. The normalized spacial score (nSPS) is 21.2. The smallest absolute Gasteiger partial charge is 0.391 e. The molecule has 8 heteroatoms. The van der Waals surface area contributed by atoms with Crippen LogP contribution in [0.2, 0.25) is 0 Å². The maximum Gasteiger partial charge on any atom is 0.391 e. The Kier molecular flexibility index (Phi) is 8.92. The lowest BCUT2D eigenvalue weighted by Gasteiger charge is -2.31. The minimum Gasteiger partial charge on any atom is -0.469 e. The second kappa shape index (κ2) is 10.4. The first-order valence-electron chi connectivity index (χ1n) is 8.51. The molecule has 1 saturated carbocycles. The van der Waals surface area contributed by atoms with E-state index in [1.54, 1.807) is 0 Å². The fourth-order valence-corrected chi connectivity index (χ4v) is 2.91. The van der Waals surface area contributed by atoms with Gasteiger partial charge in [0.05, 0.1) is 13.0 Å². The summed E-state index contributed by atoms with van der Waals surface area (Å²) in [6, 6.07) is -0.817. The number of hydrogen-bond acceptors (Lipinski definition) is 3. The monoisotopic (exact) mass is 352 g/mol. The quantitative estimate of drug-likeness (QED) is 0.519. The highest BCUT2D eigenvalue weighted by atomic mass is 19.4. The summed E-state index contributed by atoms with van der Waals surface area (Å²) in [4.78, 5) is 22.6. The summed E-state index contributed by atoms with van der Waals surface area (Å²) >= 11 is 0. The molecule has 5 nitrogen and oxygen atoms in total. The number of esters is 1. The topological polar surface area (TPSA) is 67.4 Å². The number of carbonyl (C=O) groups excluding carboxylic acids is 2. The van der Waals surface area contributed by atoms with Gasteiger partial charge in [0, 0.05) is 19.0 Å². The molecule has 1 fully saturated rings. The van der Waals surface area contributed by atoms with Crippen LogP contribution in [0.15, 0.2) is 0 Å². The molecule has 0 aromatic heterocycles. The van der Waals surface area contributed by atoms with Crippen LogP contribution in [0, 0.1) is 5.92 Å². The summed E-state index contributed by atoms with van der Waals surface area (Å²) in [7, 11) is 1.36. The summed E-state index contributed by atoms with van der Waals surface area (Å²) < 4.78 is 42.7. The van der Waals surface area contributed by atoms with Crippen LogP contribution in [-0.2, 0) is 9.53 Å². The van der Waals surface area contributed by atoms with E-state index >= 15 is 0 Å². The van der Waals surface area contributed by atoms with Crippen molar-refractivity contribution in [2.24, 2.45) is 5.92 Å². The molecule has 140 valence electrons. The summed E-state index contributed by atoms with van der Waals surface area (Å²) in [5.41, 5.74) is 0. The summed E-state index contributed by atoms with van der Waals surface area (Å²) in [6.07, 6.45) is 0.658. The zero-order valence-electron chi connectivity index (χ0n) is 14.1. The molecule has 0 unspecified atom stereocenters. The highest BCUT2D eigenvalue weighted by Gasteiger charge is 2.42. The van der Waals surface area contributed by atoms with E-state index in [0.29, 0.717) is 25.8 Å². The van der Waals surface area contributed by atoms with E-state index in [4.69, 9.17) is 0 Å². The van der Waals surface area contributed by atoms with Gasteiger partial charge in [0.1, 0.15) is 0 Å². The van der Waals surface area contributed by atoms with Crippen molar-refractivity contribution in [1.82, 2.24) is 10.6 Å². The van der Waals surface area contributed by atoms with Crippen molar-refractivity contribution in [2.75, 3.05) is 13.7 Å². The van der Waals surface area contributed by atoms with Gasteiger partial charge in [0.15, 0.2) is 0 Å². The molecule has 2 amide bonds. The molecule has 24 heavy (non-hydrogen) atoms. The summed E-state index contributed by atoms with van der Waals surface area (Å²) in [5.74, 6) is -1.54. The van der Waals surface area contributed by atoms with Gasteiger partial charge in [0.25, 0.3) is 0 Å². The van der Waals surface area contributed by atoms with E-state index in [9.17, 15) is 22.8 Å². The van der Waals surface area contributed by atoms with Gasteiger partial charge in [0.2, 0.25) is 0 Å². The molecule has 0 aromatic rings. The number of carbonyl (C=O) groups is 2. The molecule has 2 N–H and O–H groups in total.